The monoisotopic (exact) mass is 235 g/mol. The lowest BCUT2D eigenvalue weighted by Crippen LogP contribution is -1.81. The Bertz CT molecular complexity index is 507. The fourth-order valence-corrected chi connectivity index (χ4v) is 1.88. The van der Waals surface area contributed by atoms with Gasteiger partial charge in [-0.1, -0.05) is 22.0 Å². The van der Waals surface area contributed by atoms with Gasteiger partial charge in [-0.2, -0.15) is 0 Å². The SMILES string of the molecule is [C-]#[N+]c1c(N)[nH]c2cccc(Br)c12. The molecule has 13 heavy (non-hydrogen) atoms. The standard InChI is InChI=1S/C9H6BrN3/c1-12-8-7-5(10)3-2-4-6(7)13-9(8)11/h2-4,13H,11H2. The van der Waals surface area contributed by atoms with Gasteiger partial charge in [0.1, 0.15) is 5.82 Å². The summed E-state index contributed by atoms with van der Waals surface area (Å²) in [4.78, 5) is 6.34. The molecule has 0 unspecified atom stereocenters. The third-order valence-electron chi connectivity index (χ3n) is 1.89. The van der Waals surface area contributed by atoms with Gasteiger partial charge in [0.25, 0.3) is 0 Å². The largest absolute Gasteiger partial charge is 0.394 e. The molecule has 3 nitrogen and oxygen atoms in total. The van der Waals surface area contributed by atoms with Gasteiger partial charge in [-0.3, -0.25) is 0 Å². The second-order valence-corrected chi connectivity index (χ2v) is 3.52. The molecule has 2 rings (SSSR count). The van der Waals surface area contributed by atoms with Gasteiger partial charge in [0.2, 0.25) is 5.69 Å². The molecule has 0 aliphatic rings. The molecule has 0 saturated carbocycles. The zero-order chi connectivity index (χ0) is 9.42. The smallest absolute Gasteiger partial charge is 0.235 e. The fourth-order valence-electron chi connectivity index (χ4n) is 1.32. The minimum atomic E-state index is 0.428. The van der Waals surface area contributed by atoms with E-state index >= 15 is 0 Å². The van der Waals surface area contributed by atoms with Crippen LogP contribution < -0.4 is 5.73 Å². The summed E-state index contributed by atoms with van der Waals surface area (Å²) < 4.78 is 0.893. The van der Waals surface area contributed by atoms with Crippen LogP contribution >= 0.6 is 15.9 Å². The summed E-state index contributed by atoms with van der Waals surface area (Å²) in [5.41, 5.74) is 7.02. The molecule has 0 saturated heterocycles. The van der Waals surface area contributed by atoms with E-state index in [4.69, 9.17) is 12.3 Å². The van der Waals surface area contributed by atoms with Crippen LogP contribution in [0.3, 0.4) is 0 Å². The number of H-pyrrole nitrogens is 1. The molecule has 2 aromatic rings. The average molecular weight is 236 g/mol. The number of hydrogen-bond donors (Lipinski definition) is 2. The number of nitrogens with zero attached hydrogens (tertiary/aromatic N) is 1. The Balaban J connectivity index is 2.99. The van der Waals surface area contributed by atoms with Gasteiger partial charge >= 0.3 is 0 Å². The lowest BCUT2D eigenvalue weighted by molar-refractivity contribution is 1.48. The topological polar surface area (TPSA) is 46.2 Å². The Morgan fingerprint density at radius 3 is 2.92 bits per heavy atom. The van der Waals surface area contributed by atoms with Crippen LogP contribution in [0.25, 0.3) is 15.7 Å². The quantitative estimate of drug-likeness (QED) is 0.678. The Morgan fingerprint density at radius 2 is 2.23 bits per heavy atom. The van der Waals surface area contributed by atoms with Crippen LogP contribution in [-0.2, 0) is 0 Å². The molecule has 0 spiro atoms. The van der Waals surface area contributed by atoms with Gasteiger partial charge in [0.15, 0.2) is 0 Å². The van der Waals surface area contributed by atoms with Crippen molar-refractivity contribution in [2.45, 2.75) is 0 Å². The summed E-state index contributed by atoms with van der Waals surface area (Å²) in [6, 6.07) is 5.69. The summed E-state index contributed by atoms with van der Waals surface area (Å²) >= 11 is 3.38. The number of fused-ring (bicyclic) bond motifs is 1. The molecular formula is C9H6BrN3. The van der Waals surface area contributed by atoms with Crippen molar-refractivity contribution in [3.63, 3.8) is 0 Å². The van der Waals surface area contributed by atoms with E-state index in [0.717, 1.165) is 15.4 Å². The molecule has 0 atom stereocenters. The number of nitrogens with two attached hydrogens (primary N) is 1. The third kappa shape index (κ3) is 1.09. The van der Waals surface area contributed by atoms with Crippen molar-refractivity contribution in [1.82, 2.24) is 4.98 Å². The highest BCUT2D eigenvalue weighted by atomic mass is 79.9. The van der Waals surface area contributed by atoms with Crippen molar-refractivity contribution in [3.05, 3.63) is 34.1 Å². The molecule has 1 aromatic heterocycles. The van der Waals surface area contributed by atoms with Crippen molar-refractivity contribution >= 4 is 38.3 Å². The molecule has 1 heterocycles. The van der Waals surface area contributed by atoms with Crippen LogP contribution in [0.2, 0.25) is 0 Å². The van der Waals surface area contributed by atoms with E-state index in [1.54, 1.807) is 0 Å². The first-order valence-corrected chi connectivity index (χ1v) is 4.46. The highest BCUT2D eigenvalue weighted by Gasteiger charge is 2.10. The summed E-state index contributed by atoms with van der Waals surface area (Å²) in [5, 5.41) is 0.856. The van der Waals surface area contributed by atoms with Crippen molar-refractivity contribution in [2.24, 2.45) is 0 Å². The second kappa shape index (κ2) is 2.79. The number of nitrogen functional groups attached to an aromatic ring is 1. The first-order valence-electron chi connectivity index (χ1n) is 3.67. The number of rotatable bonds is 0. The van der Waals surface area contributed by atoms with E-state index in [-0.39, 0.29) is 0 Å². The van der Waals surface area contributed by atoms with Gasteiger partial charge < -0.3 is 10.7 Å². The fraction of sp³-hybridized carbons (Fsp3) is 0. The number of anilines is 1. The Morgan fingerprint density at radius 1 is 1.46 bits per heavy atom. The number of aromatic nitrogens is 1. The summed E-state index contributed by atoms with van der Waals surface area (Å²) in [6.45, 7) is 6.98. The van der Waals surface area contributed by atoms with Crippen LogP contribution in [0.1, 0.15) is 0 Å². The van der Waals surface area contributed by atoms with Crippen molar-refractivity contribution in [1.29, 1.82) is 0 Å². The van der Waals surface area contributed by atoms with E-state index in [9.17, 15) is 0 Å². The zero-order valence-electron chi connectivity index (χ0n) is 6.63. The molecule has 64 valence electrons. The zero-order valence-corrected chi connectivity index (χ0v) is 8.22. The minimum absolute atomic E-state index is 0.428. The van der Waals surface area contributed by atoms with Gasteiger partial charge in [-0.05, 0) is 12.1 Å². The number of aromatic amines is 1. The predicted octanol–water partition coefficient (Wildman–Crippen LogP) is 3.06. The highest BCUT2D eigenvalue weighted by molar-refractivity contribution is 9.10. The Hall–Kier alpha value is -1.47. The molecule has 0 bridgehead atoms. The molecule has 0 aliphatic carbocycles. The summed E-state index contributed by atoms with van der Waals surface area (Å²) in [7, 11) is 0. The second-order valence-electron chi connectivity index (χ2n) is 2.66. The van der Waals surface area contributed by atoms with Crippen LogP contribution in [0.5, 0.6) is 0 Å². The molecule has 0 amide bonds. The van der Waals surface area contributed by atoms with Crippen LogP contribution in [0.4, 0.5) is 11.5 Å². The minimum Gasteiger partial charge on any atom is -0.394 e. The maximum absolute atomic E-state index is 6.98. The summed E-state index contributed by atoms with van der Waals surface area (Å²) in [6.07, 6.45) is 0. The van der Waals surface area contributed by atoms with Crippen molar-refractivity contribution in [2.75, 3.05) is 5.73 Å². The third-order valence-corrected chi connectivity index (χ3v) is 2.55. The molecular weight excluding hydrogens is 230 g/mol. The Kier molecular flexibility index (Phi) is 1.74. The maximum atomic E-state index is 6.98. The van der Waals surface area contributed by atoms with Crippen LogP contribution in [0.15, 0.2) is 22.7 Å². The lowest BCUT2D eigenvalue weighted by Gasteiger charge is -1.92. The van der Waals surface area contributed by atoms with Crippen molar-refractivity contribution in [3.8, 4) is 0 Å². The lowest BCUT2D eigenvalue weighted by atomic mass is 10.2. The maximum Gasteiger partial charge on any atom is 0.235 e. The van der Waals surface area contributed by atoms with E-state index in [1.165, 1.54) is 0 Å². The molecule has 0 radical (unpaired) electrons. The molecule has 4 heteroatoms. The first kappa shape index (κ1) is 8.14. The van der Waals surface area contributed by atoms with Gasteiger partial charge in [0, 0.05) is 15.4 Å². The summed E-state index contributed by atoms with van der Waals surface area (Å²) in [5.74, 6) is 0.428. The normalized spacial score (nSPS) is 10.2. The highest BCUT2D eigenvalue weighted by Crippen LogP contribution is 2.36. The van der Waals surface area contributed by atoms with Gasteiger partial charge in [-0.25, -0.2) is 4.85 Å². The molecule has 3 N–H and O–H groups in total. The average Bonchev–Trinajstić information content (AvgIpc) is 2.42. The number of halogens is 1. The Labute approximate surface area is 83.5 Å². The van der Waals surface area contributed by atoms with E-state index in [0.29, 0.717) is 11.5 Å². The van der Waals surface area contributed by atoms with E-state index < -0.39 is 0 Å². The van der Waals surface area contributed by atoms with E-state index in [1.807, 2.05) is 18.2 Å². The number of hydrogen-bond acceptors (Lipinski definition) is 1. The number of benzene rings is 1. The molecule has 1 aromatic carbocycles. The van der Waals surface area contributed by atoms with E-state index in [2.05, 4.69) is 25.8 Å². The first-order chi connectivity index (χ1) is 6.24. The van der Waals surface area contributed by atoms with Crippen LogP contribution in [-0.4, -0.2) is 4.98 Å². The molecule has 0 aliphatic heterocycles. The predicted molar refractivity (Wildman–Crippen MR) is 56.7 cm³/mol. The van der Waals surface area contributed by atoms with Crippen molar-refractivity contribution < 1.29 is 0 Å². The van der Waals surface area contributed by atoms with Gasteiger partial charge in [-0.15, -0.1) is 0 Å². The van der Waals surface area contributed by atoms with Gasteiger partial charge in [0.05, 0.1) is 6.57 Å². The number of nitrogens with one attached hydrogen (secondary N) is 1. The molecule has 0 fully saturated rings. The van der Waals surface area contributed by atoms with Crippen LogP contribution in [0, 0.1) is 6.57 Å².